The van der Waals surface area contributed by atoms with E-state index in [1.165, 1.54) is 12.1 Å². The molecule has 0 bridgehead atoms. The van der Waals surface area contributed by atoms with Crippen LogP contribution < -0.4 is 5.32 Å². The Morgan fingerprint density at radius 3 is 2.35 bits per heavy atom. The molecule has 0 spiro atoms. The van der Waals surface area contributed by atoms with Gasteiger partial charge in [0.2, 0.25) is 11.8 Å². The number of morpholine rings is 1. The zero-order valence-corrected chi connectivity index (χ0v) is 30.8. The van der Waals surface area contributed by atoms with Crippen LogP contribution in [0.15, 0.2) is 78.9 Å². The summed E-state index contributed by atoms with van der Waals surface area (Å²) in [5, 5.41) is 3.06. The quantitative estimate of drug-likeness (QED) is 0.169. The van der Waals surface area contributed by atoms with Crippen molar-refractivity contribution in [3.05, 3.63) is 106 Å². The summed E-state index contributed by atoms with van der Waals surface area (Å²) in [5.74, 6) is -1.18. The van der Waals surface area contributed by atoms with Crippen molar-refractivity contribution >= 4 is 46.7 Å². The average Bonchev–Trinajstić information content (AvgIpc) is 3.78. The van der Waals surface area contributed by atoms with Gasteiger partial charge in [-0.15, -0.1) is 11.3 Å². The minimum absolute atomic E-state index is 0.0968. The predicted molar refractivity (Wildman–Crippen MR) is 194 cm³/mol. The number of ether oxygens (including phenoxy) is 1. The number of carbonyl (C=O) groups excluding carboxylic acids is 3. The van der Waals surface area contributed by atoms with E-state index in [0.29, 0.717) is 43.8 Å². The predicted octanol–water partition coefficient (Wildman–Crippen LogP) is 6.36. The van der Waals surface area contributed by atoms with Gasteiger partial charge < -0.3 is 29.6 Å². The number of carbonyl (C=O) groups is 3. The molecule has 3 aromatic carbocycles. The fourth-order valence-corrected chi connectivity index (χ4v) is 8.16. The maximum atomic E-state index is 14.5. The topological polar surface area (TPSA) is 136 Å². The standard InChI is InChI=1S/C38H42F2N3O7PS/c1-37(2,3)27-13-11-24(12-14-27)20-29(41-34(44)33-22-26-21-28(15-16-32(26)52-33)38(39,40)51(47,48)49)35(45)43-17-7-10-30(43)36(46)42-18-19-50-31(23-42)25-8-5-4-6-9-25/h4-6,8-9,11-16,21-22,29-31H,7,10,17-20,23H2,1-3H3,(H,41,44)(H2,47,48,49)/t29?,30-,31-/m0/s1. The normalized spacial score (nSPS) is 19.1. The van der Waals surface area contributed by atoms with Crippen molar-refractivity contribution in [2.75, 3.05) is 26.2 Å². The molecule has 0 saturated carbocycles. The minimum Gasteiger partial charge on any atom is -0.370 e. The monoisotopic (exact) mass is 753 g/mol. The Balaban J connectivity index is 1.25. The lowest BCUT2D eigenvalue weighted by Crippen LogP contribution is -2.56. The van der Waals surface area contributed by atoms with Crippen LogP contribution in [0.4, 0.5) is 8.78 Å². The molecule has 3 atom stereocenters. The van der Waals surface area contributed by atoms with Gasteiger partial charge in [-0.2, -0.15) is 8.78 Å². The van der Waals surface area contributed by atoms with Gasteiger partial charge in [0, 0.05) is 29.8 Å². The Hall–Kier alpha value is -4.00. The van der Waals surface area contributed by atoms with Gasteiger partial charge in [-0.1, -0.05) is 81.4 Å². The molecule has 2 fully saturated rings. The maximum absolute atomic E-state index is 14.5. The first kappa shape index (κ1) is 37.7. The van der Waals surface area contributed by atoms with Crippen LogP contribution >= 0.6 is 18.9 Å². The number of thiophene rings is 1. The number of halogens is 2. The van der Waals surface area contributed by atoms with Crippen molar-refractivity contribution in [2.24, 2.45) is 0 Å². The summed E-state index contributed by atoms with van der Waals surface area (Å²) in [4.78, 5) is 64.0. The molecule has 14 heteroatoms. The summed E-state index contributed by atoms with van der Waals surface area (Å²) >= 11 is 1.00. The van der Waals surface area contributed by atoms with E-state index in [9.17, 15) is 37.5 Å². The second-order valence-electron chi connectivity index (χ2n) is 14.4. The van der Waals surface area contributed by atoms with E-state index in [1.807, 2.05) is 54.6 Å². The number of rotatable bonds is 9. The molecular formula is C38H42F2N3O7PS. The number of likely N-dealkylation sites (tertiary alicyclic amines) is 1. The highest BCUT2D eigenvalue weighted by atomic mass is 32.1. The maximum Gasteiger partial charge on any atom is 0.399 e. The average molecular weight is 754 g/mol. The number of nitrogens with one attached hydrogen (secondary N) is 1. The molecule has 2 aliphatic heterocycles. The number of hydrogen-bond acceptors (Lipinski definition) is 6. The van der Waals surface area contributed by atoms with E-state index < -0.39 is 42.7 Å². The van der Waals surface area contributed by atoms with Crippen LogP contribution in [0.2, 0.25) is 0 Å². The Morgan fingerprint density at radius 1 is 0.981 bits per heavy atom. The third kappa shape index (κ3) is 7.99. The van der Waals surface area contributed by atoms with Crippen LogP contribution in [0.25, 0.3) is 10.1 Å². The zero-order chi connectivity index (χ0) is 37.4. The van der Waals surface area contributed by atoms with Crippen molar-refractivity contribution in [1.82, 2.24) is 15.1 Å². The van der Waals surface area contributed by atoms with Crippen LogP contribution in [-0.2, 0) is 36.4 Å². The first-order valence-electron chi connectivity index (χ1n) is 17.2. The molecule has 2 saturated heterocycles. The van der Waals surface area contributed by atoms with Crippen LogP contribution in [0.5, 0.6) is 0 Å². The summed E-state index contributed by atoms with van der Waals surface area (Å²) in [6.45, 7) is 7.74. The zero-order valence-electron chi connectivity index (χ0n) is 29.1. The van der Waals surface area contributed by atoms with E-state index in [-0.39, 0.29) is 34.1 Å². The van der Waals surface area contributed by atoms with E-state index in [4.69, 9.17) is 4.74 Å². The molecule has 1 aromatic heterocycles. The molecular weight excluding hydrogens is 711 g/mol. The number of benzene rings is 3. The van der Waals surface area contributed by atoms with E-state index >= 15 is 0 Å². The molecule has 6 rings (SSSR count). The molecule has 2 aliphatic rings. The Morgan fingerprint density at radius 2 is 1.67 bits per heavy atom. The second-order valence-corrected chi connectivity index (χ2v) is 17.1. The number of alkyl halides is 2. The lowest BCUT2D eigenvalue weighted by atomic mass is 9.86. The van der Waals surface area contributed by atoms with Gasteiger partial charge in [0.1, 0.15) is 18.2 Å². The van der Waals surface area contributed by atoms with E-state index in [0.717, 1.165) is 40.2 Å². The first-order valence-corrected chi connectivity index (χ1v) is 19.6. The van der Waals surface area contributed by atoms with Gasteiger partial charge in [0.15, 0.2) is 0 Å². The largest absolute Gasteiger partial charge is 0.399 e. The number of nitrogens with zero attached hydrogens (tertiary/aromatic N) is 2. The molecule has 4 aromatic rings. The van der Waals surface area contributed by atoms with Crippen LogP contribution in [0.3, 0.4) is 0 Å². The van der Waals surface area contributed by atoms with Crippen molar-refractivity contribution in [3.63, 3.8) is 0 Å². The minimum atomic E-state index is -5.79. The number of amides is 3. The SMILES string of the molecule is CC(C)(C)c1ccc(CC(NC(=O)c2cc3cc(C(F)(F)P(=O)(O)O)ccc3s2)C(=O)N2CCC[C@H]2C(=O)N2CCO[C@H](c3ccccc3)C2)cc1. The summed E-state index contributed by atoms with van der Waals surface area (Å²) in [5.41, 5.74) is -2.51. The molecule has 3 heterocycles. The Labute approximate surface area is 304 Å². The molecule has 1 unspecified atom stereocenters. The lowest BCUT2D eigenvalue weighted by Gasteiger charge is -2.37. The van der Waals surface area contributed by atoms with E-state index in [2.05, 4.69) is 26.1 Å². The number of fused-ring (bicyclic) bond motifs is 1. The summed E-state index contributed by atoms with van der Waals surface area (Å²) in [7, 11) is -5.79. The number of hydrogen-bond donors (Lipinski definition) is 3. The molecule has 10 nitrogen and oxygen atoms in total. The Kier molecular flexibility index (Phi) is 10.7. The van der Waals surface area contributed by atoms with Gasteiger partial charge >= 0.3 is 13.3 Å². The van der Waals surface area contributed by atoms with Crippen molar-refractivity contribution in [2.45, 2.75) is 69.3 Å². The summed E-state index contributed by atoms with van der Waals surface area (Å²) in [6.07, 6.45) is 0.960. The van der Waals surface area contributed by atoms with Crippen LogP contribution in [0.1, 0.15) is 71.6 Å². The fourth-order valence-electron chi connectivity index (χ4n) is 6.73. The molecule has 52 heavy (non-hydrogen) atoms. The smallest absolute Gasteiger partial charge is 0.370 e. The van der Waals surface area contributed by atoms with Gasteiger partial charge in [-0.25, -0.2) is 0 Å². The highest BCUT2D eigenvalue weighted by molar-refractivity contribution is 7.52. The van der Waals surface area contributed by atoms with E-state index in [1.54, 1.807) is 9.80 Å². The van der Waals surface area contributed by atoms with Crippen LogP contribution in [0, 0.1) is 0 Å². The highest BCUT2D eigenvalue weighted by Crippen LogP contribution is 2.59. The highest BCUT2D eigenvalue weighted by Gasteiger charge is 2.50. The molecule has 0 radical (unpaired) electrons. The first-order chi connectivity index (χ1) is 24.5. The third-order valence-corrected chi connectivity index (χ3v) is 11.8. The summed E-state index contributed by atoms with van der Waals surface area (Å²) < 4.78 is 46.8. The lowest BCUT2D eigenvalue weighted by molar-refractivity contribution is -0.149. The summed E-state index contributed by atoms with van der Waals surface area (Å²) in [6, 6.07) is 20.2. The Bertz CT molecular complexity index is 2000. The molecule has 276 valence electrons. The van der Waals surface area contributed by atoms with Gasteiger partial charge in [0.05, 0.1) is 18.0 Å². The van der Waals surface area contributed by atoms with Gasteiger partial charge in [-0.3, -0.25) is 18.9 Å². The van der Waals surface area contributed by atoms with Crippen molar-refractivity contribution in [1.29, 1.82) is 0 Å². The second kappa shape index (κ2) is 14.8. The van der Waals surface area contributed by atoms with Crippen molar-refractivity contribution < 1.29 is 42.3 Å². The molecule has 3 amide bonds. The molecule has 3 N–H and O–H groups in total. The van der Waals surface area contributed by atoms with Gasteiger partial charge in [-0.05, 0) is 58.5 Å². The fraction of sp³-hybridized carbons (Fsp3) is 0.395. The van der Waals surface area contributed by atoms with Crippen LogP contribution in [-0.4, -0.2) is 75.6 Å². The molecule has 0 aliphatic carbocycles. The third-order valence-electron chi connectivity index (χ3n) is 9.69. The van der Waals surface area contributed by atoms with Crippen molar-refractivity contribution in [3.8, 4) is 0 Å². The van der Waals surface area contributed by atoms with Gasteiger partial charge in [0.25, 0.3) is 5.91 Å².